The molecule has 0 spiro atoms. The molecule has 116 valence electrons. The van der Waals surface area contributed by atoms with Gasteiger partial charge in [-0.2, -0.15) is 0 Å². The fourth-order valence-corrected chi connectivity index (χ4v) is 4.05. The van der Waals surface area contributed by atoms with Crippen molar-refractivity contribution >= 4 is 29.1 Å². The molecule has 0 unspecified atom stereocenters. The van der Waals surface area contributed by atoms with Crippen molar-refractivity contribution in [3.05, 3.63) is 40.9 Å². The first-order valence-corrected chi connectivity index (χ1v) is 8.41. The standard InChI is InChI=1S/C17H20N2O2S/c1-17(2)8-12(18-11-6-4-3-5-7-11)15-13(9-17)19-14(10-22-15)16(20)21/h3-7,14,18H,8-10H2,1-2H3,(H,20,21)/t14-/m0/s1. The number of aliphatic carboxylic acids is 1. The van der Waals surface area contributed by atoms with E-state index in [-0.39, 0.29) is 5.41 Å². The summed E-state index contributed by atoms with van der Waals surface area (Å²) in [6, 6.07) is 9.47. The van der Waals surface area contributed by atoms with Crippen LogP contribution in [0.2, 0.25) is 0 Å². The predicted molar refractivity (Wildman–Crippen MR) is 91.4 cm³/mol. The van der Waals surface area contributed by atoms with E-state index in [1.165, 1.54) is 0 Å². The first-order chi connectivity index (χ1) is 10.4. The summed E-state index contributed by atoms with van der Waals surface area (Å²) in [4.78, 5) is 16.8. The van der Waals surface area contributed by atoms with Gasteiger partial charge in [0.25, 0.3) is 0 Å². The molecule has 1 aromatic rings. The lowest BCUT2D eigenvalue weighted by molar-refractivity contribution is -0.137. The van der Waals surface area contributed by atoms with Gasteiger partial charge in [-0.05, 0) is 30.4 Å². The average Bonchev–Trinajstić information content (AvgIpc) is 2.46. The van der Waals surface area contributed by atoms with E-state index in [9.17, 15) is 9.90 Å². The Bertz CT molecular complexity index is 650. The minimum absolute atomic E-state index is 0.0837. The number of para-hydroxylation sites is 1. The molecule has 1 aliphatic heterocycles. The highest BCUT2D eigenvalue weighted by Crippen LogP contribution is 2.43. The maximum Gasteiger partial charge on any atom is 0.329 e. The summed E-state index contributed by atoms with van der Waals surface area (Å²) in [6.07, 6.45) is 1.78. The Morgan fingerprint density at radius 2 is 2.05 bits per heavy atom. The topological polar surface area (TPSA) is 61.7 Å². The highest BCUT2D eigenvalue weighted by Gasteiger charge is 2.36. The second-order valence-electron chi connectivity index (χ2n) is 6.56. The molecule has 4 nitrogen and oxygen atoms in total. The maximum absolute atomic E-state index is 11.2. The quantitative estimate of drug-likeness (QED) is 0.891. The van der Waals surface area contributed by atoms with E-state index in [4.69, 9.17) is 0 Å². The van der Waals surface area contributed by atoms with Gasteiger partial charge in [0, 0.05) is 22.0 Å². The fourth-order valence-electron chi connectivity index (χ4n) is 2.91. The molecule has 0 amide bonds. The zero-order valence-electron chi connectivity index (χ0n) is 12.8. The average molecular weight is 316 g/mol. The Kier molecular flexibility index (Phi) is 4.00. The number of nitrogens with zero attached hydrogens (tertiary/aromatic N) is 1. The summed E-state index contributed by atoms with van der Waals surface area (Å²) in [5.41, 5.74) is 3.25. The zero-order valence-corrected chi connectivity index (χ0v) is 13.6. The van der Waals surface area contributed by atoms with E-state index in [1.54, 1.807) is 11.8 Å². The third kappa shape index (κ3) is 3.19. The number of thioether (sulfide) groups is 1. The molecule has 0 saturated carbocycles. The van der Waals surface area contributed by atoms with Gasteiger partial charge in [-0.25, -0.2) is 4.79 Å². The van der Waals surface area contributed by atoms with E-state index >= 15 is 0 Å². The largest absolute Gasteiger partial charge is 0.480 e. The summed E-state index contributed by atoms with van der Waals surface area (Å²) >= 11 is 1.62. The van der Waals surface area contributed by atoms with Crippen molar-refractivity contribution in [1.82, 2.24) is 0 Å². The first-order valence-electron chi connectivity index (χ1n) is 7.42. The van der Waals surface area contributed by atoms with Crippen molar-refractivity contribution < 1.29 is 9.90 Å². The van der Waals surface area contributed by atoms with Crippen LogP contribution in [0.4, 0.5) is 5.69 Å². The lowest BCUT2D eigenvalue weighted by Gasteiger charge is -2.36. The second kappa shape index (κ2) is 5.80. The van der Waals surface area contributed by atoms with Crippen molar-refractivity contribution in [3.63, 3.8) is 0 Å². The number of anilines is 1. The van der Waals surface area contributed by atoms with E-state index < -0.39 is 12.0 Å². The summed E-state index contributed by atoms with van der Waals surface area (Å²) in [5, 5.41) is 12.7. The SMILES string of the molecule is CC1(C)CC2=N[C@H](C(=O)O)CSC2=C(Nc2ccccc2)C1. The summed E-state index contributed by atoms with van der Waals surface area (Å²) in [5.74, 6) is -0.325. The van der Waals surface area contributed by atoms with Crippen molar-refractivity contribution in [3.8, 4) is 0 Å². The Morgan fingerprint density at radius 1 is 1.32 bits per heavy atom. The van der Waals surface area contributed by atoms with Gasteiger partial charge in [0.05, 0.1) is 5.71 Å². The molecule has 0 radical (unpaired) electrons. The number of aliphatic imine (C=N–C) groups is 1. The van der Waals surface area contributed by atoms with Crippen LogP contribution in [0.1, 0.15) is 26.7 Å². The molecule has 1 heterocycles. The molecular weight excluding hydrogens is 296 g/mol. The van der Waals surface area contributed by atoms with Crippen molar-refractivity contribution in [1.29, 1.82) is 0 Å². The van der Waals surface area contributed by atoms with Crippen LogP contribution in [-0.4, -0.2) is 28.6 Å². The molecule has 5 heteroatoms. The lowest BCUT2D eigenvalue weighted by Crippen LogP contribution is -2.34. The summed E-state index contributed by atoms with van der Waals surface area (Å²) < 4.78 is 0. The number of hydrogen-bond acceptors (Lipinski definition) is 4. The third-order valence-corrected chi connectivity index (χ3v) is 5.14. The van der Waals surface area contributed by atoms with Gasteiger partial charge in [0.15, 0.2) is 6.04 Å². The molecule has 1 aliphatic carbocycles. The van der Waals surface area contributed by atoms with Gasteiger partial charge in [-0.15, -0.1) is 11.8 Å². The van der Waals surface area contributed by atoms with Gasteiger partial charge in [-0.3, -0.25) is 4.99 Å². The maximum atomic E-state index is 11.2. The monoisotopic (exact) mass is 316 g/mol. The number of allylic oxidation sites excluding steroid dienone is 2. The number of rotatable bonds is 3. The molecule has 0 aromatic heterocycles. The van der Waals surface area contributed by atoms with Gasteiger partial charge in [0.2, 0.25) is 0 Å². The van der Waals surface area contributed by atoms with Crippen LogP contribution in [0.5, 0.6) is 0 Å². The molecule has 2 N–H and O–H groups in total. The van der Waals surface area contributed by atoms with Gasteiger partial charge in [0.1, 0.15) is 0 Å². The Labute approximate surface area is 134 Å². The molecular formula is C17H20N2O2S. The minimum Gasteiger partial charge on any atom is -0.480 e. The number of carboxylic acids is 1. The second-order valence-corrected chi connectivity index (χ2v) is 7.59. The Morgan fingerprint density at radius 3 is 2.73 bits per heavy atom. The van der Waals surface area contributed by atoms with Crippen LogP contribution >= 0.6 is 11.8 Å². The van der Waals surface area contributed by atoms with Crippen molar-refractivity contribution in [2.24, 2.45) is 10.4 Å². The van der Waals surface area contributed by atoms with Crippen LogP contribution in [0.15, 0.2) is 45.9 Å². The van der Waals surface area contributed by atoms with Gasteiger partial charge < -0.3 is 10.4 Å². The lowest BCUT2D eigenvalue weighted by atomic mass is 9.78. The van der Waals surface area contributed by atoms with E-state index in [0.717, 1.165) is 34.8 Å². The highest BCUT2D eigenvalue weighted by atomic mass is 32.2. The zero-order chi connectivity index (χ0) is 15.7. The van der Waals surface area contributed by atoms with Crippen molar-refractivity contribution in [2.75, 3.05) is 11.1 Å². The van der Waals surface area contributed by atoms with E-state index in [0.29, 0.717) is 5.75 Å². The minimum atomic E-state index is -0.833. The van der Waals surface area contributed by atoms with Gasteiger partial charge in [-0.1, -0.05) is 32.0 Å². The number of nitrogens with one attached hydrogen (secondary N) is 1. The van der Waals surface area contributed by atoms with Gasteiger partial charge >= 0.3 is 5.97 Å². The number of hydrogen-bond donors (Lipinski definition) is 2. The number of benzene rings is 1. The number of fused-ring (bicyclic) bond motifs is 1. The first kappa shape index (κ1) is 15.2. The van der Waals surface area contributed by atoms with E-state index in [2.05, 4.69) is 24.2 Å². The third-order valence-electron chi connectivity index (χ3n) is 3.89. The normalized spacial score (nSPS) is 23.5. The van der Waals surface area contributed by atoms with Crippen LogP contribution in [0, 0.1) is 5.41 Å². The molecule has 1 atom stereocenters. The molecule has 0 fully saturated rings. The molecule has 0 bridgehead atoms. The number of carboxylic acid groups (broad SMARTS) is 1. The molecule has 22 heavy (non-hydrogen) atoms. The van der Waals surface area contributed by atoms with Crippen molar-refractivity contribution in [2.45, 2.75) is 32.7 Å². The highest BCUT2D eigenvalue weighted by molar-refractivity contribution is 8.04. The fraction of sp³-hybridized carbons (Fsp3) is 0.412. The molecule has 0 saturated heterocycles. The molecule has 2 aliphatic rings. The Balaban J connectivity index is 1.96. The number of carbonyl (C=O) groups is 1. The summed E-state index contributed by atoms with van der Waals surface area (Å²) in [6.45, 7) is 4.40. The van der Waals surface area contributed by atoms with Crippen LogP contribution in [-0.2, 0) is 4.79 Å². The van der Waals surface area contributed by atoms with E-state index in [1.807, 2.05) is 30.3 Å². The summed E-state index contributed by atoms with van der Waals surface area (Å²) in [7, 11) is 0. The molecule has 1 aromatic carbocycles. The predicted octanol–water partition coefficient (Wildman–Crippen LogP) is 3.77. The van der Waals surface area contributed by atoms with Crippen LogP contribution in [0.3, 0.4) is 0 Å². The van der Waals surface area contributed by atoms with Crippen LogP contribution in [0.25, 0.3) is 0 Å². The van der Waals surface area contributed by atoms with Crippen LogP contribution < -0.4 is 5.32 Å². The smallest absolute Gasteiger partial charge is 0.329 e. The Hall–Kier alpha value is -1.75. The molecule has 3 rings (SSSR count).